The number of fused-ring (bicyclic) bond motifs is 4. The number of carbonyl (C=O) groups is 1. The summed E-state index contributed by atoms with van der Waals surface area (Å²) in [6.45, 7) is 5.41. The largest absolute Gasteiger partial charge is 0.454 e. The molecule has 0 N–H and O–H groups in total. The van der Waals surface area contributed by atoms with Crippen molar-refractivity contribution in [1.82, 2.24) is 19.4 Å². The molecule has 2 aromatic heterocycles. The summed E-state index contributed by atoms with van der Waals surface area (Å²) < 4.78 is 13.1. The summed E-state index contributed by atoms with van der Waals surface area (Å²) in [7, 11) is 0. The Bertz CT molecular complexity index is 1120. The maximum Gasteiger partial charge on any atom is 0.271 e. The van der Waals surface area contributed by atoms with Gasteiger partial charge in [-0.2, -0.15) is 0 Å². The Balaban J connectivity index is 1.27. The summed E-state index contributed by atoms with van der Waals surface area (Å²) in [6.07, 6.45) is 2.04. The molecule has 30 heavy (non-hydrogen) atoms. The minimum Gasteiger partial charge on any atom is -0.454 e. The smallest absolute Gasteiger partial charge is 0.271 e. The molecule has 0 spiro atoms. The Morgan fingerprint density at radius 2 is 2.00 bits per heavy atom. The lowest BCUT2D eigenvalue weighted by atomic mass is 10.1. The van der Waals surface area contributed by atoms with E-state index in [0.29, 0.717) is 6.54 Å². The van der Waals surface area contributed by atoms with Crippen molar-refractivity contribution in [1.29, 1.82) is 0 Å². The fourth-order valence-electron chi connectivity index (χ4n) is 4.86. The normalized spacial score (nSPS) is 22.4. The first-order valence-corrected chi connectivity index (χ1v) is 11.0. The monoisotopic (exact) mass is 422 g/mol. The molecule has 0 unspecified atom stereocenters. The molecule has 3 aromatic rings. The van der Waals surface area contributed by atoms with Gasteiger partial charge in [-0.3, -0.25) is 9.69 Å². The summed E-state index contributed by atoms with van der Waals surface area (Å²) in [6, 6.07) is 10.4. The maximum atomic E-state index is 13.3. The predicted molar refractivity (Wildman–Crippen MR) is 112 cm³/mol. The molecule has 1 saturated heterocycles. The van der Waals surface area contributed by atoms with Crippen LogP contribution < -0.4 is 9.47 Å². The highest BCUT2D eigenvalue weighted by Gasteiger charge is 2.45. The molecule has 1 amide bonds. The first-order chi connectivity index (χ1) is 14.7. The predicted octanol–water partition coefficient (Wildman–Crippen LogP) is 3.06. The highest BCUT2D eigenvalue weighted by Crippen LogP contribution is 2.37. The van der Waals surface area contributed by atoms with Crippen molar-refractivity contribution in [3.63, 3.8) is 0 Å². The molecule has 3 aliphatic heterocycles. The van der Waals surface area contributed by atoms with E-state index in [0.717, 1.165) is 47.5 Å². The Morgan fingerprint density at radius 1 is 1.13 bits per heavy atom. The molecule has 0 saturated carbocycles. The lowest BCUT2D eigenvalue weighted by Gasteiger charge is -2.38. The van der Waals surface area contributed by atoms with E-state index in [9.17, 15) is 4.79 Å². The van der Waals surface area contributed by atoms with Crippen molar-refractivity contribution in [2.75, 3.05) is 19.9 Å². The van der Waals surface area contributed by atoms with Gasteiger partial charge in [-0.15, -0.1) is 11.3 Å². The molecular formula is C22H22N4O3S. The minimum absolute atomic E-state index is 0.0943. The quantitative estimate of drug-likeness (QED) is 0.647. The topological polar surface area (TPSA) is 59.8 Å². The molecule has 8 heteroatoms. The molecule has 0 aliphatic carbocycles. The van der Waals surface area contributed by atoms with Crippen LogP contribution in [0.15, 0.2) is 41.9 Å². The number of hydrogen-bond donors (Lipinski definition) is 0. The van der Waals surface area contributed by atoms with Crippen molar-refractivity contribution >= 4 is 17.2 Å². The van der Waals surface area contributed by atoms with Gasteiger partial charge in [0, 0.05) is 31.2 Å². The Morgan fingerprint density at radius 3 is 2.87 bits per heavy atom. The van der Waals surface area contributed by atoms with E-state index in [2.05, 4.69) is 32.0 Å². The first kappa shape index (κ1) is 18.0. The average Bonchev–Trinajstić information content (AvgIpc) is 3.51. The zero-order chi connectivity index (χ0) is 20.2. The lowest BCUT2D eigenvalue weighted by molar-refractivity contribution is 0.0553. The number of hydrogen-bond acceptors (Lipinski definition) is 6. The van der Waals surface area contributed by atoms with Crippen LogP contribution in [0.5, 0.6) is 11.5 Å². The van der Waals surface area contributed by atoms with Gasteiger partial charge >= 0.3 is 0 Å². The first-order valence-electron chi connectivity index (χ1n) is 10.2. The van der Waals surface area contributed by atoms with Gasteiger partial charge in [0.05, 0.1) is 29.3 Å². The third kappa shape index (κ3) is 2.90. The third-order valence-corrected chi connectivity index (χ3v) is 7.02. The van der Waals surface area contributed by atoms with Crippen LogP contribution in [-0.4, -0.2) is 51.2 Å². The van der Waals surface area contributed by atoms with Crippen LogP contribution in [-0.2, 0) is 13.1 Å². The zero-order valence-electron chi connectivity index (χ0n) is 16.7. The van der Waals surface area contributed by atoms with Crippen LogP contribution in [0, 0.1) is 6.92 Å². The molecule has 0 radical (unpaired) electrons. The van der Waals surface area contributed by atoms with Crippen molar-refractivity contribution in [3.8, 4) is 11.5 Å². The second-order valence-electron chi connectivity index (χ2n) is 8.11. The number of benzene rings is 1. The summed E-state index contributed by atoms with van der Waals surface area (Å²) in [5.74, 6) is 1.71. The highest BCUT2D eigenvalue weighted by molar-refractivity contribution is 7.09. The van der Waals surface area contributed by atoms with Gasteiger partial charge in [0.1, 0.15) is 5.69 Å². The van der Waals surface area contributed by atoms with Crippen LogP contribution in [0.4, 0.5) is 0 Å². The van der Waals surface area contributed by atoms with E-state index in [-0.39, 0.29) is 24.8 Å². The number of nitrogens with zero attached hydrogens (tertiary/aromatic N) is 4. The van der Waals surface area contributed by atoms with Crippen LogP contribution in [0.25, 0.3) is 0 Å². The molecule has 7 nitrogen and oxygen atoms in total. The van der Waals surface area contributed by atoms with Gasteiger partial charge in [-0.1, -0.05) is 6.07 Å². The van der Waals surface area contributed by atoms with Crippen LogP contribution in [0.1, 0.15) is 32.8 Å². The van der Waals surface area contributed by atoms with Gasteiger partial charge in [0.25, 0.3) is 5.91 Å². The Hall–Kier alpha value is -2.84. The fourth-order valence-corrected chi connectivity index (χ4v) is 5.46. The molecular weight excluding hydrogens is 400 g/mol. The van der Waals surface area contributed by atoms with E-state index >= 15 is 0 Å². The van der Waals surface area contributed by atoms with E-state index < -0.39 is 0 Å². The van der Waals surface area contributed by atoms with Crippen LogP contribution in [0.2, 0.25) is 0 Å². The SMILES string of the molecule is Cc1nc(CN2C(=O)c3cccn3[C@@H]3CN(Cc4ccc5c(c4)OCO5)C[C@@H]32)cs1. The number of rotatable bonds is 4. The number of likely N-dealkylation sites (tertiary alicyclic amines) is 1. The van der Waals surface area contributed by atoms with Crippen LogP contribution >= 0.6 is 11.3 Å². The van der Waals surface area contributed by atoms with E-state index in [1.54, 1.807) is 11.3 Å². The van der Waals surface area contributed by atoms with E-state index in [4.69, 9.17) is 9.47 Å². The number of ether oxygens (including phenoxy) is 2. The van der Waals surface area contributed by atoms with Crippen molar-refractivity contribution in [2.24, 2.45) is 0 Å². The number of amides is 1. The summed E-state index contributed by atoms with van der Waals surface area (Å²) in [5.41, 5.74) is 2.94. The van der Waals surface area contributed by atoms with Crippen molar-refractivity contribution in [2.45, 2.75) is 32.1 Å². The number of thiazole rings is 1. The number of aryl methyl sites for hydroxylation is 1. The summed E-state index contributed by atoms with van der Waals surface area (Å²) in [5, 5.41) is 3.09. The van der Waals surface area contributed by atoms with Gasteiger partial charge in [-0.05, 0) is 36.8 Å². The fraction of sp³-hybridized carbons (Fsp3) is 0.364. The second-order valence-corrected chi connectivity index (χ2v) is 9.17. The molecule has 2 atom stereocenters. The molecule has 3 aliphatic rings. The maximum absolute atomic E-state index is 13.3. The average molecular weight is 423 g/mol. The number of aromatic nitrogens is 2. The zero-order valence-corrected chi connectivity index (χ0v) is 17.5. The minimum atomic E-state index is 0.0943. The Labute approximate surface area is 178 Å². The molecule has 154 valence electrons. The molecule has 1 fully saturated rings. The van der Waals surface area contributed by atoms with E-state index in [1.807, 2.05) is 36.2 Å². The van der Waals surface area contributed by atoms with Gasteiger partial charge in [0.2, 0.25) is 6.79 Å². The molecule has 5 heterocycles. The van der Waals surface area contributed by atoms with Gasteiger partial charge < -0.3 is 18.9 Å². The standard InChI is InChI=1S/C22H22N4O3S/c1-14-23-16(12-30-14)9-26-19-11-24(8-15-4-5-20-21(7-15)29-13-28-20)10-18(19)25-6-2-3-17(25)22(26)27/h2-7,12,18-19H,8-11,13H2,1H3/t18-,19+/m1/s1. The van der Waals surface area contributed by atoms with Gasteiger partial charge in [-0.25, -0.2) is 4.98 Å². The van der Waals surface area contributed by atoms with Crippen LogP contribution in [0.3, 0.4) is 0 Å². The Kier molecular flexibility index (Phi) is 4.10. The molecule has 0 bridgehead atoms. The summed E-state index contributed by atoms with van der Waals surface area (Å²) in [4.78, 5) is 22.3. The van der Waals surface area contributed by atoms with Gasteiger partial charge in [0.15, 0.2) is 11.5 Å². The van der Waals surface area contributed by atoms with Crippen molar-refractivity contribution < 1.29 is 14.3 Å². The second kappa shape index (κ2) is 6.85. The highest BCUT2D eigenvalue weighted by atomic mass is 32.1. The van der Waals surface area contributed by atoms with Crippen molar-refractivity contribution in [3.05, 3.63) is 63.9 Å². The number of carbonyl (C=O) groups excluding carboxylic acids is 1. The van der Waals surface area contributed by atoms with E-state index in [1.165, 1.54) is 5.56 Å². The molecule has 6 rings (SSSR count). The third-order valence-electron chi connectivity index (χ3n) is 6.19. The molecule has 1 aromatic carbocycles. The lowest BCUT2D eigenvalue weighted by Crippen LogP contribution is -2.49. The summed E-state index contributed by atoms with van der Waals surface area (Å²) >= 11 is 1.63.